The molecule has 2 N–H and O–H groups in total. The number of ether oxygens (including phenoxy) is 1. The second kappa shape index (κ2) is 8.95. The summed E-state index contributed by atoms with van der Waals surface area (Å²) < 4.78 is 31.1. The number of hydrogen-bond donors (Lipinski definition) is 1. The maximum Gasteiger partial charge on any atom is 0.222 e. The van der Waals surface area contributed by atoms with Crippen LogP contribution in [0.3, 0.4) is 0 Å². The van der Waals surface area contributed by atoms with Crippen LogP contribution in [0.1, 0.15) is 51.4 Å². The summed E-state index contributed by atoms with van der Waals surface area (Å²) in [5.74, 6) is 1.99. The number of nitrogens with two attached hydrogens (primary N) is 1. The lowest BCUT2D eigenvalue weighted by Gasteiger charge is -2.35. The quantitative estimate of drug-likeness (QED) is 0.677. The number of amides is 1. The van der Waals surface area contributed by atoms with Crippen LogP contribution in [0, 0.1) is 23.6 Å². The van der Waals surface area contributed by atoms with Gasteiger partial charge in [-0.05, 0) is 68.4 Å². The number of carbonyl (C=O) groups excluding carboxylic acids is 1. The normalized spacial score (nSPS) is 28.1. The van der Waals surface area contributed by atoms with E-state index < -0.39 is 16.6 Å². The minimum Gasteiger partial charge on any atom is -0.493 e. The molecular weight excluding hydrogens is 403 g/mol. The molecule has 1 aromatic carbocycles. The highest BCUT2D eigenvalue weighted by Crippen LogP contribution is 2.51. The number of likely N-dealkylation sites (tertiary alicyclic amines) is 1. The van der Waals surface area contributed by atoms with Gasteiger partial charge < -0.3 is 15.4 Å². The van der Waals surface area contributed by atoms with E-state index in [-0.39, 0.29) is 10.4 Å². The third kappa shape index (κ3) is 4.88. The predicted molar refractivity (Wildman–Crippen MR) is 115 cm³/mol. The van der Waals surface area contributed by atoms with Gasteiger partial charge in [-0.2, -0.15) is 0 Å². The molecule has 3 aliphatic rings. The van der Waals surface area contributed by atoms with E-state index in [1.807, 2.05) is 0 Å². The fourth-order valence-corrected chi connectivity index (χ4v) is 5.65. The van der Waals surface area contributed by atoms with E-state index in [2.05, 4.69) is 4.90 Å². The molecule has 3 fully saturated rings. The van der Waals surface area contributed by atoms with Gasteiger partial charge >= 0.3 is 0 Å². The standard InChI is InChI=1S/C23H33FN2O3S/c1-30(28)21-6-5-18(14-20(21)24)29-12-9-23(25)15-19(23)17-7-10-26(11-8-17)22(27)13-16-3-2-4-16/h5-6,14,16-17,19H,2-4,7-13,15,25H2,1H3. The minimum absolute atomic E-state index is 0.192. The van der Waals surface area contributed by atoms with Crippen LogP contribution in [-0.2, 0) is 15.6 Å². The monoisotopic (exact) mass is 436 g/mol. The average molecular weight is 437 g/mol. The summed E-state index contributed by atoms with van der Waals surface area (Å²) in [4.78, 5) is 14.7. The number of halogens is 1. The fraction of sp³-hybridized carbons (Fsp3) is 0.696. The molecule has 0 aromatic heterocycles. The third-order valence-electron chi connectivity index (χ3n) is 7.38. The zero-order valence-electron chi connectivity index (χ0n) is 17.8. The van der Waals surface area contributed by atoms with Crippen molar-refractivity contribution in [2.45, 2.75) is 61.8 Å². The Hall–Kier alpha value is -1.47. The first-order chi connectivity index (χ1) is 14.4. The fourth-order valence-electron chi connectivity index (χ4n) is 5.06. The van der Waals surface area contributed by atoms with Crippen molar-refractivity contribution in [2.24, 2.45) is 23.5 Å². The van der Waals surface area contributed by atoms with E-state index in [0.29, 0.717) is 36.0 Å². The van der Waals surface area contributed by atoms with E-state index in [1.165, 1.54) is 37.7 Å². The molecule has 166 valence electrons. The maximum atomic E-state index is 13.9. The van der Waals surface area contributed by atoms with Crippen LogP contribution in [-0.4, -0.2) is 46.5 Å². The first kappa shape index (κ1) is 21.8. The number of carbonyl (C=O) groups is 1. The number of hydrogen-bond acceptors (Lipinski definition) is 4. The summed E-state index contributed by atoms with van der Waals surface area (Å²) in [6.45, 7) is 2.17. The van der Waals surface area contributed by atoms with Crippen molar-refractivity contribution in [3.8, 4) is 5.75 Å². The van der Waals surface area contributed by atoms with E-state index >= 15 is 0 Å². The van der Waals surface area contributed by atoms with Gasteiger partial charge in [0.25, 0.3) is 0 Å². The summed E-state index contributed by atoms with van der Waals surface area (Å²) in [5, 5.41) is 0. The summed E-state index contributed by atoms with van der Waals surface area (Å²) in [6.07, 6.45) is 9.74. The topological polar surface area (TPSA) is 72.6 Å². The molecule has 1 amide bonds. The van der Waals surface area contributed by atoms with Crippen molar-refractivity contribution in [2.75, 3.05) is 26.0 Å². The van der Waals surface area contributed by atoms with Gasteiger partial charge in [0.15, 0.2) is 0 Å². The summed E-state index contributed by atoms with van der Waals surface area (Å²) in [7, 11) is -1.35. The lowest BCUT2D eigenvalue weighted by Crippen LogP contribution is -2.41. The Labute approximate surface area is 181 Å². The van der Waals surface area contributed by atoms with Gasteiger partial charge in [-0.1, -0.05) is 6.42 Å². The number of nitrogens with zero attached hydrogens (tertiary/aromatic N) is 1. The van der Waals surface area contributed by atoms with Gasteiger partial charge in [-0.15, -0.1) is 0 Å². The Bertz CT molecular complexity index is 808. The smallest absolute Gasteiger partial charge is 0.222 e. The highest BCUT2D eigenvalue weighted by atomic mass is 32.2. The first-order valence-electron chi connectivity index (χ1n) is 11.2. The summed E-state index contributed by atoms with van der Waals surface area (Å²) >= 11 is 0. The van der Waals surface area contributed by atoms with Gasteiger partial charge in [0.05, 0.1) is 22.3 Å². The highest BCUT2D eigenvalue weighted by molar-refractivity contribution is 7.84. The van der Waals surface area contributed by atoms with Crippen LogP contribution in [0.2, 0.25) is 0 Å². The first-order valence-corrected chi connectivity index (χ1v) is 12.7. The zero-order valence-corrected chi connectivity index (χ0v) is 18.6. The summed E-state index contributed by atoms with van der Waals surface area (Å²) in [5.41, 5.74) is 6.39. The molecule has 1 saturated heterocycles. The van der Waals surface area contributed by atoms with E-state index in [4.69, 9.17) is 10.5 Å². The Balaban J connectivity index is 1.19. The van der Waals surface area contributed by atoms with Crippen LogP contribution in [0.4, 0.5) is 4.39 Å². The SMILES string of the molecule is CS(=O)c1ccc(OCCC2(N)CC2C2CCN(C(=O)CC3CCC3)CC2)cc1F. The van der Waals surface area contributed by atoms with Gasteiger partial charge in [-0.3, -0.25) is 9.00 Å². The van der Waals surface area contributed by atoms with E-state index in [0.717, 1.165) is 45.2 Å². The second-order valence-electron chi connectivity index (χ2n) is 9.41. The van der Waals surface area contributed by atoms with Crippen molar-refractivity contribution in [1.82, 2.24) is 4.90 Å². The van der Waals surface area contributed by atoms with Crippen molar-refractivity contribution in [1.29, 1.82) is 0 Å². The number of benzene rings is 1. The Morgan fingerprint density at radius 3 is 2.63 bits per heavy atom. The predicted octanol–water partition coefficient (Wildman–Crippen LogP) is 3.48. The Morgan fingerprint density at radius 2 is 2.03 bits per heavy atom. The van der Waals surface area contributed by atoms with Crippen LogP contribution in [0.25, 0.3) is 0 Å². The zero-order chi connectivity index (χ0) is 21.3. The Morgan fingerprint density at radius 1 is 1.30 bits per heavy atom. The Kier molecular flexibility index (Phi) is 6.49. The van der Waals surface area contributed by atoms with Crippen molar-refractivity contribution in [3.05, 3.63) is 24.0 Å². The third-order valence-corrected chi connectivity index (χ3v) is 8.33. The number of piperidine rings is 1. The molecule has 0 bridgehead atoms. The van der Waals surface area contributed by atoms with Gasteiger partial charge in [0.2, 0.25) is 5.91 Å². The molecule has 0 spiro atoms. The molecule has 3 atom stereocenters. The van der Waals surface area contributed by atoms with E-state index in [9.17, 15) is 13.4 Å². The summed E-state index contributed by atoms with van der Waals surface area (Å²) in [6, 6.07) is 4.46. The highest BCUT2D eigenvalue weighted by Gasteiger charge is 2.54. The van der Waals surface area contributed by atoms with Gasteiger partial charge in [0, 0.05) is 37.4 Å². The molecule has 0 radical (unpaired) electrons. The minimum atomic E-state index is -1.35. The number of rotatable bonds is 8. The molecule has 2 saturated carbocycles. The lowest BCUT2D eigenvalue weighted by atomic mass is 9.82. The molecule has 4 rings (SSSR count). The van der Waals surface area contributed by atoms with Crippen molar-refractivity contribution in [3.63, 3.8) is 0 Å². The van der Waals surface area contributed by atoms with Crippen LogP contribution < -0.4 is 10.5 Å². The van der Waals surface area contributed by atoms with Crippen LogP contribution in [0.15, 0.2) is 23.1 Å². The molecule has 30 heavy (non-hydrogen) atoms. The van der Waals surface area contributed by atoms with E-state index in [1.54, 1.807) is 6.07 Å². The second-order valence-corrected chi connectivity index (χ2v) is 10.8. The molecule has 1 aromatic rings. The molecule has 3 unspecified atom stereocenters. The van der Waals surface area contributed by atoms with Crippen molar-refractivity contribution < 1.29 is 18.1 Å². The molecular formula is C23H33FN2O3S. The van der Waals surface area contributed by atoms with Crippen LogP contribution >= 0.6 is 0 Å². The molecule has 7 heteroatoms. The van der Waals surface area contributed by atoms with Gasteiger partial charge in [-0.25, -0.2) is 4.39 Å². The lowest BCUT2D eigenvalue weighted by molar-refractivity contribution is -0.134. The largest absolute Gasteiger partial charge is 0.493 e. The molecule has 1 heterocycles. The van der Waals surface area contributed by atoms with Crippen molar-refractivity contribution >= 4 is 16.7 Å². The molecule has 2 aliphatic carbocycles. The van der Waals surface area contributed by atoms with Gasteiger partial charge in [0.1, 0.15) is 11.6 Å². The molecule has 5 nitrogen and oxygen atoms in total. The molecule has 1 aliphatic heterocycles. The van der Waals surface area contributed by atoms with Crippen LogP contribution in [0.5, 0.6) is 5.75 Å². The average Bonchev–Trinajstić information content (AvgIpc) is 3.36. The maximum absolute atomic E-state index is 13.9.